The van der Waals surface area contributed by atoms with Gasteiger partial charge in [0.15, 0.2) is 5.82 Å². The molecular formula is C16H15ClFN5O. The molecule has 1 fully saturated rings. The van der Waals surface area contributed by atoms with E-state index in [0.717, 1.165) is 12.4 Å². The standard InChI is InChI=1S/C16H15ClFN5O/c1-10-9-24-5-4-22(10)14-2-3-19-16(21-14)13-7-20-15-6-12(18)11(17)8-23(13)15/h2-3,6-8,10H,4-5,9H2,1H3/t10-/m0/s1. The van der Waals surface area contributed by atoms with Gasteiger partial charge in [0.25, 0.3) is 0 Å². The highest BCUT2D eigenvalue weighted by molar-refractivity contribution is 6.30. The van der Waals surface area contributed by atoms with E-state index in [9.17, 15) is 4.39 Å². The van der Waals surface area contributed by atoms with Gasteiger partial charge < -0.3 is 9.64 Å². The Hall–Kier alpha value is -2.25. The first-order valence-corrected chi connectivity index (χ1v) is 8.01. The van der Waals surface area contributed by atoms with Crippen LogP contribution in [-0.2, 0) is 4.74 Å². The third-order valence-electron chi connectivity index (χ3n) is 4.08. The molecule has 0 radical (unpaired) electrons. The zero-order chi connectivity index (χ0) is 16.7. The second-order valence-electron chi connectivity index (χ2n) is 5.70. The first-order valence-electron chi connectivity index (χ1n) is 7.63. The Balaban J connectivity index is 1.77. The number of ether oxygens (including phenoxy) is 1. The smallest absolute Gasteiger partial charge is 0.180 e. The predicted molar refractivity (Wildman–Crippen MR) is 88.8 cm³/mol. The van der Waals surface area contributed by atoms with Crippen molar-refractivity contribution >= 4 is 23.1 Å². The summed E-state index contributed by atoms with van der Waals surface area (Å²) in [6.07, 6.45) is 4.82. The monoisotopic (exact) mass is 347 g/mol. The number of halogens is 2. The summed E-state index contributed by atoms with van der Waals surface area (Å²) >= 11 is 5.89. The fourth-order valence-corrected chi connectivity index (χ4v) is 2.99. The molecule has 24 heavy (non-hydrogen) atoms. The van der Waals surface area contributed by atoms with E-state index in [4.69, 9.17) is 16.3 Å². The number of rotatable bonds is 2. The molecule has 1 atom stereocenters. The Morgan fingerprint density at radius 3 is 3.08 bits per heavy atom. The average Bonchev–Trinajstić information content (AvgIpc) is 2.98. The molecule has 3 aromatic rings. The number of pyridine rings is 1. The number of morpholine rings is 1. The molecule has 0 aliphatic carbocycles. The number of nitrogens with zero attached hydrogens (tertiary/aromatic N) is 5. The lowest BCUT2D eigenvalue weighted by Gasteiger charge is -2.34. The summed E-state index contributed by atoms with van der Waals surface area (Å²) in [5.74, 6) is 0.846. The van der Waals surface area contributed by atoms with Gasteiger partial charge in [-0.15, -0.1) is 0 Å². The molecule has 4 heterocycles. The number of anilines is 1. The number of fused-ring (bicyclic) bond motifs is 1. The van der Waals surface area contributed by atoms with Crippen LogP contribution in [-0.4, -0.2) is 45.2 Å². The molecule has 3 aromatic heterocycles. The van der Waals surface area contributed by atoms with Gasteiger partial charge in [0.2, 0.25) is 0 Å². The second kappa shape index (κ2) is 5.99. The van der Waals surface area contributed by atoms with Gasteiger partial charge in [0.1, 0.15) is 23.0 Å². The molecule has 0 aromatic carbocycles. The maximum absolute atomic E-state index is 13.6. The van der Waals surface area contributed by atoms with E-state index in [1.165, 1.54) is 12.3 Å². The van der Waals surface area contributed by atoms with Crippen LogP contribution >= 0.6 is 11.6 Å². The Bertz CT molecular complexity index is 899. The van der Waals surface area contributed by atoms with E-state index >= 15 is 0 Å². The van der Waals surface area contributed by atoms with Crippen LogP contribution < -0.4 is 4.90 Å². The van der Waals surface area contributed by atoms with E-state index in [1.54, 1.807) is 16.8 Å². The van der Waals surface area contributed by atoms with Crippen LogP contribution in [0.15, 0.2) is 30.7 Å². The van der Waals surface area contributed by atoms with E-state index in [-0.39, 0.29) is 11.1 Å². The van der Waals surface area contributed by atoms with Crippen molar-refractivity contribution in [3.05, 3.63) is 41.6 Å². The highest BCUT2D eigenvalue weighted by Crippen LogP contribution is 2.24. The van der Waals surface area contributed by atoms with Crippen LogP contribution in [0, 0.1) is 5.82 Å². The van der Waals surface area contributed by atoms with Crippen LogP contribution in [0.1, 0.15) is 6.92 Å². The zero-order valence-corrected chi connectivity index (χ0v) is 13.7. The molecule has 6 nitrogen and oxygen atoms in total. The summed E-state index contributed by atoms with van der Waals surface area (Å²) in [5.41, 5.74) is 1.12. The minimum Gasteiger partial charge on any atom is -0.377 e. The molecule has 0 N–H and O–H groups in total. The lowest BCUT2D eigenvalue weighted by molar-refractivity contribution is 0.0985. The molecule has 4 rings (SSSR count). The van der Waals surface area contributed by atoms with Gasteiger partial charge in [0.05, 0.1) is 30.5 Å². The lowest BCUT2D eigenvalue weighted by atomic mass is 10.2. The van der Waals surface area contributed by atoms with E-state index in [2.05, 4.69) is 26.8 Å². The fourth-order valence-electron chi connectivity index (χ4n) is 2.84. The average molecular weight is 348 g/mol. The minimum absolute atomic E-state index is 0.0275. The molecule has 0 amide bonds. The van der Waals surface area contributed by atoms with Crippen molar-refractivity contribution in [2.45, 2.75) is 13.0 Å². The quantitative estimate of drug-likeness (QED) is 0.713. The van der Waals surface area contributed by atoms with Crippen LogP contribution in [0.2, 0.25) is 5.02 Å². The summed E-state index contributed by atoms with van der Waals surface area (Å²) in [6.45, 7) is 4.22. The van der Waals surface area contributed by atoms with Gasteiger partial charge in [-0.25, -0.2) is 19.3 Å². The molecule has 1 aliphatic heterocycles. The Morgan fingerprint density at radius 1 is 1.38 bits per heavy atom. The van der Waals surface area contributed by atoms with Crippen LogP contribution in [0.25, 0.3) is 17.2 Å². The molecule has 1 saturated heterocycles. The normalized spacial score (nSPS) is 18.3. The fraction of sp³-hybridized carbons (Fsp3) is 0.312. The van der Waals surface area contributed by atoms with E-state index < -0.39 is 5.82 Å². The Kier molecular flexibility index (Phi) is 3.82. The van der Waals surface area contributed by atoms with Gasteiger partial charge in [-0.2, -0.15) is 0 Å². The van der Waals surface area contributed by atoms with Crippen molar-refractivity contribution in [2.24, 2.45) is 0 Å². The van der Waals surface area contributed by atoms with Crippen molar-refractivity contribution in [2.75, 3.05) is 24.7 Å². The number of aromatic nitrogens is 4. The molecular weight excluding hydrogens is 333 g/mol. The minimum atomic E-state index is -0.502. The highest BCUT2D eigenvalue weighted by Gasteiger charge is 2.21. The van der Waals surface area contributed by atoms with Gasteiger partial charge in [-0.05, 0) is 13.0 Å². The van der Waals surface area contributed by atoms with E-state index in [0.29, 0.717) is 30.4 Å². The highest BCUT2D eigenvalue weighted by atomic mass is 35.5. The molecule has 1 aliphatic rings. The van der Waals surface area contributed by atoms with Gasteiger partial charge >= 0.3 is 0 Å². The van der Waals surface area contributed by atoms with Crippen molar-refractivity contribution in [3.63, 3.8) is 0 Å². The molecule has 0 saturated carbocycles. The third kappa shape index (κ3) is 2.59. The van der Waals surface area contributed by atoms with Crippen molar-refractivity contribution in [1.29, 1.82) is 0 Å². The Labute approximate surface area is 142 Å². The van der Waals surface area contributed by atoms with Gasteiger partial charge in [-0.1, -0.05) is 11.6 Å². The Morgan fingerprint density at radius 2 is 2.25 bits per heavy atom. The van der Waals surface area contributed by atoms with E-state index in [1.807, 2.05) is 6.07 Å². The molecule has 8 heteroatoms. The molecule has 124 valence electrons. The number of hydrogen-bond donors (Lipinski definition) is 0. The van der Waals surface area contributed by atoms with Gasteiger partial charge in [-0.3, -0.25) is 4.40 Å². The summed E-state index contributed by atoms with van der Waals surface area (Å²) in [6, 6.07) is 3.41. The van der Waals surface area contributed by atoms with Crippen molar-refractivity contribution < 1.29 is 9.13 Å². The number of hydrogen-bond acceptors (Lipinski definition) is 5. The summed E-state index contributed by atoms with van der Waals surface area (Å²) in [5, 5.41) is 0.0275. The lowest BCUT2D eigenvalue weighted by Crippen LogP contribution is -2.44. The SMILES string of the molecule is C[C@H]1COCCN1c1ccnc(-c2cnc3cc(F)c(Cl)cn23)n1. The maximum Gasteiger partial charge on any atom is 0.180 e. The molecule has 0 spiro atoms. The predicted octanol–water partition coefficient (Wildman–Crippen LogP) is 2.81. The maximum atomic E-state index is 13.6. The topological polar surface area (TPSA) is 55.5 Å². The second-order valence-corrected chi connectivity index (χ2v) is 6.10. The zero-order valence-electron chi connectivity index (χ0n) is 13.0. The first kappa shape index (κ1) is 15.3. The van der Waals surface area contributed by atoms with Crippen LogP contribution in [0.3, 0.4) is 0 Å². The van der Waals surface area contributed by atoms with Crippen molar-refractivity contribution in [3.8, 4) is 11.5 Å². The largest absolute Gasteiger partial charge is 0.377 e. The van der Waals surface area contributed by atoms with Gasteiger partial charge in [0, 0.05) is 25.0 Å². The molecule has 0 bridgehead atoms. The summed E-state index contributed by atoms with van der Waals surface area (Å²) < 4.78 is 20.7. The number of imidazole rings is 1. The molecule has 0 unspecified atom stereocenters. The first-order chi connectivity index (χ1) is 11.6. The summed E-state index contributed by atoms with van der Waals surface area (Å²) in [7, 11) is 0. The van der Waals surface area contributed by atoms with Crippen LogP contribution in [0.5, 0.6) is 0 Å². The summed E-state index contributed by atoms with van der Waals surface area (Å²) in [4.78, 5) is 15.4. The van der Waals surface area contributed by atoms with Crippen LogP contribution in [0.4, 0.5) is 10.2 Å². The third-order valence-corrected chi connectivity index (χ3v) is 4.36. The van der Waals surface area contributed by atoms with Crippen molar-refractivity contribution in [1.82, 2.24) is 19.4 Å².